The molecule has 0 radical (unpaired) electrons. The fraction of sp³-hybridized carbons (Fsp3) is 0.130. The molecule has 0 bridgehead atoms. The molecule has 3 rings (SSSR count). The number of thioether (sulfide) groups is 1. The standard InChI is InChI=1S/C23H21BrN2O2S/c24-21-10-6-19(7-11-21)15-28-22-12-8-18(9-13-22)14-25-26-23(27)17-29-16-20-4-2-1-3-5-20/h1-14H,15-17H2,(H,26,27)/b25-14+. The van der Waals surface area contributed by atoms with Gasteiger partial charge in [-0.05, 0) is 53.1 Å². The summed E-state index contributed by atoms with van der Waals surface area (Å²) in [5.74, 6) is 1.84. The van der Waals surface area contributed by atoms with Gasteiger partial charge in [0.25, 0.3) is 0 Å². The van der Waals surface area contributed by atoms with Crippen molar-refractivity contribution in [3.05, 3.63) is 100 Å². The Morgan fingerprint density at radius 1 is 0.966 bits per heavy atom. The van der Waals surface area contributed by atoms with E-state index in [1.54, 1.807) is 18.0 Å². The summed E-state index contributed by atoms with van der Waals surface area (Å²) in [4.78, 5) is 11.8. The lowest BCUT2D eigenvalue weighted by Gasteiger charge is -2.06. The van der Waals surface area contributed by atoms with Crippen LogP contribution < -0.4 is 10.2 Å². The predicted molar refractivity (Wildman–Crippen MR) is 123 cm³/mol. The molecule has 3 aromatic rings. The predicted octanol–water partition coefficient (Wildman–Crippen LogP) is 5.41. The van der Waals surface area contributed by atoms with Crippen molar-refractivity contribution in [1.29, 1.82) is 0 Å². The van der Waals surface area contributed by atoms with Gasteiger partial charge in [0, 0.05) is 10.2 Å². The Kier molecular flexibility index (Phi) is 8.34. The van der Waals surface area contributed by atoms with Crippen LogP contribution >= 0.6 is 27.7 Å². The summed E-state index contributed by atoms with van der Waals surface area (Å²) in [5, 5.41) is 4.02. The van der Waals surface area contributed by atoms with Gasteiger partial charge in [-0.3, -0.25) is 4.79 Å². The molecular weight excluding hydrogens is 448 g/mol. The van der Waals surface area contributed by atoms with E-state index in [0.29, 0.717) is 12.4 Å². The zero-order valence-corrected chi connectivity index (χ0v) is 18.2. The molecule has 0 heterocycles. The number of halogens is 1. The van der Waals surface area contributed by atoms with Gasteiger partial charge in [0.2, 0.25) is 5.91 Å². The van der Waals surface area contributed by atoms with E-state index in [1.807, 2.05) is 66.7 Å². The first-order valence-corrected chi connectivity index (χ1v) is 11.0. The van der Waals surface area contributed by atoms with Crippen LogP contribution in [0.2, 0.25) is 0 Å². The average molecular weight is 469 g/mol. The second kappa shape index (κ2) is 11.4. The first kappa shape index (κ1) is 21.1. The molecule has 3 aromatic carbocycles. The highest BCUT2D eigenvalue weighted by atomic mass is 79.9. The van der Waals surface area contributed by atoms with Gasteiger partial charge >= 0.3 is 0 Å². The molecule has 0 aliphatic rings. The maximum absolute atomic E-state index is 11.8. The van der Waals surface area contributed by atoms with Gasteiger partial charge in [0.1, 0.15) is 12.4 Å². The Hall–Kier alpha value is -2.57. The molecule has 4 nitrogen and oxygen atoms in total. The van der Waals surface area contributed by atoms with Crippen molar-refractivity contribution in [3.8, 4) is 5.75 Å². The number of ether oxygens (including phenoxy) is 1. The lowest BCUT2D eigenvalue weighted by molar-refractivity contribution is -0.118. The van der Waals surface area contributed by atoms with Crippen LogP contribution in [0.25, 0.3) is 0 Å². The lowest BCUT2D eigenvalue weighted by atomic mass is 10.2. The highest BCUT2D eigenvalue weighted by Crippen LogP contribution is 2.15. The Bertz CT molecular complexity index is 929. The second-order valence-corrected chi connectivity index (χ2v) is 8.16. The van der Waals surface area contributed by atoms with E-state index in [9.17, 15) is 4.79 Å². The van der Waals surface area contributed by atoms with Gasteiger partial charge in [-0.2, -0.15) is 5.10 Å². The van der Waals surface area contributed by atoms with Crippen LogP contribution in [0.15, 0.2) is 88.4 Å². The highest BCUT2D eigenvalue weighted by molar-refractivity contribution is 9.10. The third-order valence-electron chi connectivity index (χ3n) is 3.95. The second-order valence-electron chi connectivity index (χ2n) is 6.26. The molecule has 0 saturated heterocycles. The maximum atomic E-state index is 11.8. The molecule has 0 unspecified atom stereocenters. The Morgan fingerprint density at radius 3 is 2.41 bits per heavy atom. The summed E-state index contributed by atoms with van der Waals surface area (Å²) in [5.41, 5.74) is 5.75. The number of hydrazone groups is 1. The third-order valence-corrected chi connectivity index (χ3v) is 5.48. The maximum Gasteiger partial charge on any atom is 0.250 e. The van der Waals surface area contributed by atoms with Crippen molar-refractivity contribution in [2.24, 2.45) is 5.10 Å². The van der Waals surface area contributed by atoms with E-state index in [2.05, 4.69) is 38.6 Å². The molecule has 148 valence electrons. The number of hydrogen-bond donors (Lipinski definition) is 1. The minimum absolute atomic E-state index is 0.114. The van der Waals surface area contributed by atoms with Crippen LogP contribution in [0.1, 0.15) is 16.7 Å². The number of rotatable bonds is 9. The zero-order valence-electron chi connectivity index (χ0n) is 15.8. The van der Waals surface area contributed by atoms with Gasteiger partial charge in [0.05, 0.1) is 12.0 Å². The summed E-state index contributed by atoms with van der Waals surface area (Å²) in [7, 11) is 0. The number of nitrogens with one attached hydrogen (secondary N) is 1. The highest BCUT2D eigenvalue weighted by Gasteiger charge is 2.01. The van der Waals surface area contributed by atoms with Crippen LogP contribution in [0.5, 0.6) is 5.75 Å². The van der Waals surface area contributed by atoms with Gasteiger partial charge in [-0.1, -0.05) is 58.4 Å². The molecule has 0 saturated carbocycles. The third kappa shape index (κ3) is 7.75. The smallest absolute Gasteiger partial charge is 0.250 e. The van der Waals surface area contributed by atoms with Crippen LogP contribution in [0, 0.1) is 0 Å². The zero-order chi connectivity index (χ0) is 20.3. The summed E-state index contributed by atoms with van der Waals surface area (Å²) in [6, 6.07) is 25.7. The quantitative estimate of drug-likeness (QED) is 0.337. The van der Waals surface area contributed by atoms with Crippen molar-refractivity contribution in [3.63, 3.8) is 0 Å². The Labute approximate surface area is 183 Å². The number of benzene rings is 3. The molecule has 1 N–H and O–H groups in total. The first-order valence-electron chi connectivity index (χ1n) is 9.10. The van der Waals surface area contributed by atoms with E-state index < -0.39 is 0 Å². The minimum Gasteiger partial charge on any atom is -0.489 e. The van der Waals surface area contributed by atoms with Crippen molar-refractivity contribution < 1.29 is 9.53 Å². The number of amides is 1. The van der Waals surface area contributed by atoms with Crippen LogP contribution in [-0.2, 0) is 17.2 Å². The van der Waals surface area contributed by atoms with E-state index in [-0.39, 0.29) is 5.91 Å². The summed E-state index contributed by atoms with van der Waals surface area (Å²) in [6.45, 7) is 0.511. The molecule has 0 spiro atoms. The van der Waals surface area contributed by atoms with Crippen LogP contribution in [0.3, 0.4) is 0 Å². The summed E-state index contributed by atoms with van der Waals surface area (Å²) in [6.07, 6.45) is 1.62. The van der Waals surface area contributed by atoms with Gasteiger partial charge < -0.3 is 4.74 Å². The summed E-state index contributed by atoms with van der Waals surface area (Å²) >= 11 is 4.98. The van der Waals surface area contributed by atoms with Gasteiger partial charge in [-0.25, -0.2) is 5.43 Å². The molecule has 0 aromatic heterocycles. The number of carbonyl (C=O) groups excluding carboxylic acids is 1. The van der Waals surface area contributed by atoms with Crippen molar-refractivity contribution in [2.45, 2.75) is 12.4 Å². The van der Waals surface area contributed by atoms with Gasteiger partial charge in [0.15, 0.2) is 0 Å². The number of carbonyl (C=O) groups is 1. The number of nitrogens with zero attached hydrogens (tertiary/aromatic N) is 1. The normalized spacial score (nSPS) is 10.8. The fourth-order valence-electron chi connectivity index (χ4n) is 2.44. The van der Waals surface area contributed by atoms with Crippen LogP contribution in [0.4, 0.5) is 0 Å². The SMILES string of the molecule is O=C(CSCc1ccccc1)N/N=C/c1ccc(OCc2ccc(Br)cc2)cc1. The Morgan fingerprint density at radius 2 is 1.69 bits per heavy atom. The lowest BCUT2D eigenvalue weighted by Crippen LogP contribution is -2.19. The molecule has 29 heavy (non-hydrogen) atoms. The molecule has 0 aliphatic heterocycles. The summed E-state index contributed by atoms with van der Waals surface area (Å²) < 4.78 is 6.83. The molecule has 0 atom stereocenters. The largest absolute Gasteiger partial charge is 0.489 e. The van der Waals surface area contributed by atoms with E-state index in [0.717, 1.165) is 27.1 Å². The monoisotopic (exact) mass is 468 g/mol. The Balaban J connectivity index is 1.37. The first-order chi connectivity index (χ1) is 14.2. The molecule has 0 aliphatic carbocycles. The van der Waals surface area contributed by atoms with E-state index in [1.165, 1.54) is 5.56 Å². The van der Waals surface area contributed by atoms with Crippen molar-refractivity contribution >= 4 is 39.8 Å². The molecular formula is C23H21BrN2O2S. The van der Waals surface area contributed by atoms with E-state index >= 15 is 0 Å². The van der Waals surface area contributed by atoms with Crippen molar-refractivity contribution in [1.82, 2.24) is 5.43 Å². The fourth-order valence-corrected chi connectivity index (χ4v) is 3.49. The molecule has 6 heteroatoms. The van der Waals surface area contributed by atoms with Crippen LogP contribution in [-0.4, -0.2) is 17.9 Å². The molecule has 0 fully saturated rings. The van der Waals surface area contributed by atoms with E-state index in [4.69, 9.17) is 4.74 Å². The average Bonchev–Trinajstić information content (AvgIpc) is 2.75. The number of hydrogen-bond acceptors (Lipinski definition) is 4. The van der Waals surface area contributed by atoms with Gasteiger partial charge in [-0.15, -0.1) is 11.8 Å². The van der Waals surface area contributed by atoms with Crippen molar-refractivity contribution in [2.75, 3.05) is 5.75 Å². The topological polar surface area (TPSA) is 50.7 Å². The molecule has 1 amide bonds. The minimum atomic E-state index is -0.114.